The number of nitrogens with zero attached hydrogens (tertiary/aromatic N) is 1. The Labute approximate surface area is 139 Å². The van der Waals surface area contributed by atoms with Gasteiger partial charge in [0.15, 0.2) is 5.58 Å². The second-order valence-electron chi connectivity index (χ2n) is 4.41. The minimum atomic E-state index is -1.02. The summed E-state index contributed by atoms with van der Waals surface area (Å²) < 4.78 is 6.48. The summed E-state index contributed by atoms with van der Waals surface area (Å²) >= 11 is 4.34. The van der Waals surface area contributed by atoms with Crippen molar-refractivity contribution < 1.29 is 14.3 Å². The van der Waals surface area contributed by atoms with Crippen molar-refractivity contribution in [3.05, 3.63) is 63.5 Å². The van der Waals surface area contributed by atoms with Crippen molar-refractivity contribution in [3.8, 4) is 0 Å². The Morgan fingerprint density at radius 2 is 1.91 bits per heavy atom. The van der Waals surface area contributed by atoms with Gasteiger partial charge in [-0.2, -0.15) is 0 Å². The van der Waals surface area contributed by atoms with Gasteiger partial charge in [-0.05, 0) is 47.7 Å². The number of para-hydroxylation sites is 2. The summed E-state index contributed by atoms with van der Waals surface area (Å²) in [6.07, 6.45) is 1.59. The molecule has 22 heavy (non-hydrogen) atoms. The number of carbonyl (C=O) groups is 1. The maximum absolute atomic E-state index is 11.4. The Balaban J connectivity index is 1.91. The molecule has 0 atom stereocenters. The highest BCUT2D eigenvalue weighted by Gasteiger charge is 2.14. The van der Waals surface area contributed by atoms with Crippen molar-refractivity contribution in [2.75, 3.05) is 0 Å². The van der Waals surface area contributed by atoms with Crippen LogP contribution in [-0.4, -0.2) is 16.1 Å². The van der Waals surface area contributed by atoms with Gasteiger partial charge >= 0.3 is 5.97 Å². The van der Waals surface area contributed by atoms with Crippen LogP contribution < -0.4 is 0 Å². The van der Waals surface area contributed by atoms with Crippen LogP contribution in [0.2, 0.25) is 0 Å². The van der Waals surface area contributed by atoms with Crippen LogP contribution in [0, 0.1) is 0 Å². The average Bonchev–Trinajstić information content (AvgIpc) is 2.91. The van der Waals surface area contributed by atoms with Crippen molar-refractivity contribution in [1.29, 1.82) is 0 Å². The predicted octanol–water partition coefficient (Wildman–Crippen LogP) is 4.81. The molecule has 0 spiro atoms. The van der Waals surface area contributed by atoms with E-state index in [0.717, 1.165) is 21.8 Å². The molecule has 0 amide bonds. The van der Waals surface area contributed by atoms with Gasteiger partial charge in [-0.25, -0.2) is 9.78 Å². The summed E-state index contributed by atoms with van der Waals surface area (Å²) in [7, 11) is 0. The average molecular weight is 376 g/mol. The lowest BCUT2D eigenvalue weighted by Crippen LogP contribution is -1.96. The molecule has 1 aromatic heterocycles. The van der Waals surface area contributed by atoms with E-state index in [1.165, 1.54) is 0 Å². The Kier molecular flexibility index (Phi) is 4.31. The summed E-state index contributed by atoms with van der Waals surface area (Å²) in [5.41, 5.74) is 2.14. The minimum Gasteiger partial charge on any atom is -0.477 e. The zero-order chi connectivity index (χ0) is 15.5. The monoisotopic (exact) mass is 375 g/mol. The first-order valence-corrected chi connectivity index (χ1v) is 7.97. The van der Waals surface area contributed by atoms with Crippen molar-refractivity contribution >= 4 is 50.8 Å². The van der Waals surface area contributed by atoms with Crippen LogP contribution in [-0.2, 0) is 4.79 Å². The first kappa shape index (κ1) is 14.9. The van der Waals surface area contributed by atoms with E-state index in [1.54, 1.807) is 12.1 Å². The van der Waals surface area contributed by atoms with Crippen LogP contribution in [0.1, 0.15) is 5.56 Å². The number of thioether (sulfide) groups is 1. The van der Waals surface area contributed by atoms with Crippen LogP contribution >= 0.6 is 27.7 Å². The van der Waals surface area contributed by atoms with Gasteiger partial charge in [-0.15, -0.1) is 0 Å². The standard InChI is InChI=1S/C16H10BrNO3S/c17-11-7-5-10(6-8-11)9-14(15(19)20)22-16-18-12-3-1-2-4-13(12)21-16/h1-9H,(H,19,20)/b14-9-. The normalized spacial score (nSPS) is 11.8. The van der Waals surface area contributed by atoms with Crippen LogP contribution in [0.15, 0.2) is 67.5 Å². The summed E-state index contributed by atoms with van der Waals surface area (Å²) in [5, 5.41) is 9.67. The van der Waals surface area contributed by atoms with Gasteiger partial charge in [-0.1, -0.05) is 40.2 Å². The molecule has 3 rings (SSSR count). The Hall–Kier alpha value is -2.05. The number of carboxylic acid groups (broad SMARTS) is 1. The quantitative estimate of drug-likeness (QED) is 0.523. The first-order valence-electron chi connectivity index (χ1n) is 6.36. The zero-order valence-corrected chi connectivity index (χ0v) is 13.6. The minimum absolute atomic E-state index is 0.147. The van der Waals surface area contributed by atoms with E-state index in [9.17, 15) is 9.90 Å². The molecule has 0 saturated carbocycles. The number of rotatable bonds is 4. The summed E-state index contributed by atoms with van der Waals surface area (Å²) in [6, 6.07) is 14.7. The maximum atomic E-state index is 11.4. The number of halogens is 1. The number of oxazole rings is 1. The molecule has 3 aromatic rings. The van der Waals surface area contributed by atoms with Crippen LogP contribution in [0.25, 0.3) is 17.2 Å². The van der Waals surface area contributed by atoms with Gasteiger partial charge in [0.25, 0.3) is 5.22 Å². The van der Waals surface area contributed by atoms with Gasteiger partial charge in [-0.3, -0.25) is 0 Å². The third-order valence-electron chi connectivity index (χ3n) is 2.85. The summed E-state index contributed by atoms with van der Waals surface area (Å²) in [5.74, 6) is -1.02. The lowest BCUT2D eigenvalue weighted by Gasteiger charge is -1.99. The molecular weight excluding hydrogens is 366 g/mol. The third-order valence-corrected chi connectivity index (χ3v) is 4.24. The molecule has 2 aromatic carbocycles. The molecule has 6 heteroatoms. The molecule has 0 saturated heterocycles. The van der Waals surface area contributed by atoms with E-state index in [4.69, 9.17) is 4.42 Å². The highest BCUT2D eigenvalue weighted by Crippen LogP contribution is 2.30. The topological polar surface area (TPSA) is 63.3 Å². The zero-order valence-electron chi connectivity index (χ0n) is 11.2. The Morgan fingerprint density at radius 3 is 2.59 bits per heavy atom. The van der Waals surface area contributed by atoms with E-state index >= 15 is 0 Å². The molecule has 0 aliphatic carbocycles. The molecule has 0 unspecified atom stereocenters. The molecule has 0 fully saturated rings. The summed E-state index contributed by atoms with van der Waals surface area (Å²) in [6.45, 7) is 0. The molecule has 0 radical (unpaired) electrons. The molecule has 1 N–H and O–H groups in total. The fourth-order valence-corrected chi connectivity index (χ4v) is 2.84. The number of benzene rings is 2. The Bertz CT molecular complexity index is 822. The van der Waals surface area contributed by atoms with Gasteiger partial charge in [0.05, 0.1) is 0 Å². The fraction of sp³-hybridized carbons (Fsp3) is 0. The molecular formula is C16H10BrNO3S. The molecule has 1 heterocycles. The lowest BCUT2D eigenvalue weighted by molar-refractivity contribution is -0.131. The Morgan fingerprint density at radius 1 is 1.18 bits per heavy atom. The van der Waals surface area contributed by atoms with Crippen molar-refractivity contribution in [2.24, 2.45) is 0 Å². The van der Waals surface area contributed by atoms with E-state index in [0.29, 0.717) is 16.3 Å². The van der Waals surface area contributed by atoms with Gasteiger partial charge in [0.1, 0.15) is 10.4 Å². The van der Waals surface area contributed by atoms with Gasteiger partial charge < -0.3 is 9.52 Å². The second kappa shape index (κ2) is 6.37. The molecule has 110 valence electrons. The highest BCUT2D eigenvalue weighted by molar-refractivity contribution is 9.10. The summed E-state index contributed by atoms with van der Waals surface area (Å²) in [4.78, 5) is 15.8. The fourth-order valence-electron chi connectivity index (χ4n) is 1.83. The molecule has 0 aliphatic heterocycles. The molecule has 4 nitrogen and oxygen atoms in total. The van der Waals surface area contributed by atoms with E-state index in [2.05, 4.69) is 20.9 Å². The number of hydrogen-bond donors (Lipinski definition) is 1. The van der Waals surface area contributed by atoms with Crippen LogP contribution in [0.4, 0.5) is 0 Å². The first-order chi connectivity index (χ1) is 10.6. The largest absolute Gasteiger partial charge is 0.477 e. The lowest BCUT2D eigenvalue weighted by atomic mass is 10.2. The van der Waals surface area contributed by atoms with Gasteiger partial charge in [0.2, 0.25) is 0 Å². The molecule has 0 aliphatic rings. The van der Waals surface area contributed by atoms with Gasteiger partial charge in [0, 0.05) is 4.47 Å². The van der Waals surface area contributed by atoms with Crippen molar-refractivity contribution in [2.45, 2.75) is 5.22 Å². The number of hydrogen-bond acceptors (Lipinski definition) is 4. The number of carboxylic acids is 1. The second-order valence-corrected chi connectivity index (χ2v) is 6.32. The highest BCUT2D eigenvalue weighted by atomic mass is 79.9. The van der Waals surface area contributed by atoms with Crippen molar-refractivity contribution in [1.82, 2.24) is 4.98 Å². The van der Waals surface area contributed by atoms with Crippen molar-refractivity contribution in [3.63, 3.8) is 0 Å². The van der Waals surface area contributed by atoms with Crippen LogP contribution in [0.3, 0.4) is 0 Å². The smallest absolute Gasteiger partial charge is 0.342 e. The number of aliphatic carboxylic acids is 1. The van der Waals surface area contributed by atoms with E-state index < -0.39 is 5.97 Å². The SMILES string of the molecule is O=C(O)/C(=C/c1ccc(Br)cc1)Sc1nc2ccccc2o1. The maximum Gasteiger partial charge on any atom is 0.342 e. The van der Waals surface area contributed by atoms with Crippen LogP contribution in [0.5, 0.6) is 0 Å². The third kappa shape index (κ3) is 3.40. The molecule has 0 bridgehead atoms. The number of fused-ring (bicyclic) bond motifs is 1. The van der Waals surface area contributed by atoms with E-state index in [-0.39, 0.29) is 4.91 Å². The number of aromatic nitrogens is 1. The predicted molar refractivity (Wildman–Crippen MR) is 89.6 cm³/mol. The van der Waals surface area contributed by atoms with E-state index in [1.807, 2.05) is 42.5 Å².